The van der Waals surface area contributed by atoms with E-state index >= 15 is 0 Å². The summed E-state index contributed by atoms with van der Waals surface area (Å²) in [4.78, 5) is 14.5. The van der Waals surface area contributed by atoms with Gasteiger partial charge < -0.3 is 9.64 Å². The Morgan fingerprint density at radius 1 is 1.50 bits per heavy atom. The Labute approximate surface area is 129 Å². The number of carbonyl (C=O) groups excluding carboxylic acids is 1. The standard InChI is InChI=1S/C15H19Cl2NO2/c1-10-4-5-11(17)6-13(10)14(19)18-8-12(7-16)20-15(2,3)9-18/h4-6,12H,7-9H2,1-3H3. The molecule has 1 aliphatic rings. The summed E-state index contributed by atoms with van der Waals surface area (Å²) >= 11 is 11.9. The molecule has 0 spiro atoms. The Hall–Kier alpha value is -0.770. The van der Waals surface area contributed by atoms with Crippen molar-refractivity contribution in [3.05, 3.63) is 34.3 Å². The van der Waals surface area contributed by atoms with Gasteiger partial charge in [-0.2, -0.15) is 0 Å². The zero-order valence-corrected chi connectivity index (χ0v) is 13.5. The summed E-state index contributed by atoms with van der Waals surface area (Å²) in [7, 11) is 0. The molecule has 1 amide bonds. The van der Waals surface area contributed by atoms with Crippen molar-refractivity contribution in [2.75, 3.05) is 19.0 Å². The number of nitrogens with zero attached hydrogens (tertiary/aromatic N) is 1. The van der Waals surface area contributed by atoms with Crippen molar-refractivity contribution < 1.29 is 9.53 Å². The van der Waals surface area contributed by atoms with Crippen LogP contribution in [0.25, 0.3) is 0 Å². The van der Waals surface area contributed by atoms with Crippen molar-refractivity contribution in [1.29, 1.82) is 0 Å². The van der Waals surface area contributed by atoms with Crippen LogP contribution in [0.1, 0.15) is 29.8 Å². The molecule has 0 radical (unpaired) electrons. The van der Waals surface area contributed by atoms with Crippen LogP contribution in [-0.4, -0.2) is 41.5 Å². The number of halogens is 2. The summed E-state index contributed by atoms with van der Waals surface area (Å²) in [5, 5.41) is 0.570. The molecule has 0 N–H and O–H groups in total. The number of hydrogen-bond donors (Lipinski definition) is 0. The van der Waals surface area contributed by atoms with Crippen molar-refractivity contribution in [3.8, 4) is 0 Å². The fourth-order valence-corrected chi connectivity index (χ4v) is 2.86. The number of hydrogen-bond acceptors (Lipinski definition) is 2. The Kier molecular flexibility index (Phi) is 4.62. The van der Waals surface area contributed by atoms with E-state index in [1.165, 1.54) is 0 Å². The number of amides is 1. The molecule has 0 aromatic heterocycles. The van der Waals surface area contributed by atoms with Crippen LogP contribution < -0.4 is 0 Å². The molecule has 5 heteroatoms. The number of ether oxygens (including phenoxy) is 1. The van der Waals surface area contributed by atoms with Gasteiger partial charge in [-0.1, -0.05) is 17.7 Å². The molecule has 20 heavy (non-hydrogen) atoms. The first-order valence-corrected chi connectivity index (χ1v) is 7.53. The highest BCUT2D eigenvalue weighted by Gasteiger charge is 2.35. The zero-order valence-electron chi connectivity index (χ0n) is 12.0. The molecular weight excluding hydrogens is 297 g/mol. The lowest BCUT2D eigenvalue weighted by molar-refractivity contribution is -0.117. The van der Waals surface area contributed by atoms with Crippen molar-refractivity contribution in [2.24, 2.45) is 0 Å². The fourth-order valence-electron chi connectivity index (χ4n) is 2.53. The van der Waals surface area contributed by atoms with Crippen LogP contribution in [0.2, 0.25) is 5.02 Å². The molecule has 1 atom stereocenters. The number of alkyl halides is 1. The van der Waals surface area contributed by atoms with Crippen LogP contribution >= 0.6 is 23.2 Å². The van der Waals surface area contributed by atoms with Gasteiger partial charge in [-0.05, 0) is 38.5 Å². The Morgan fingerprint density at radius 2 is 2.20 bits per heavy atom. The number of benzene rings is 1. The summed E-state index contributed by atoms with van der Waals surface area (Å²) in [6.07, 6.45) is -0.135. The second-order valence-electron chi connectivity index (χ2n) is 5.80. The number of aryl methyl sites for hydroxylation is 1. The van der Waals surface area contributed by atoms with E-state index in [-0.39, 0.29) is 17.6 Å². The molecule has 1 saturated heterocycles. The monoisotopic (exact) mass is 315 g/mol. The van der Waals surface area contributed by atoms with E-state index in [1.807, 2.05) is 26.8 Å². The van der Waals surface area contributed by atoms with Gasteiger partial charge >= 0.3 is 0 Å². The highest BCUT2D eigenvalue weighted by Crippen LogP contribution is 2.25. The van der Waals surface area contributed by atoms with Crippen molar-refractivity contribution in [1.82, 2.24) is 4.90 Å². The summed E-state index contributed by atoms with van der Waals surface area (Å²) in [6.45, 7) is 6.91. The molecule has 1 heterocycles. The summed E-state index contributed by atoms with van der Waals surface area (Å²) < 4.78 is 5.84. The molecule has 0 saturated carbocycles. The van der Waals surface area contributed by atoms with Crippen LogP contribution in [0, 0.1) is 6.92 Å². The van der Waals surface area contributed by atoms with E-state index in [4.69, 9.17) is 27.9 Å². The minimum absolute atomic E-state index is 0.0171. The van der Waals surface area contributed by atoms with E-state index in [0.29, 0.717) is 29.6 Å². The van der Waals surface area contributed by atoms with Crippen LogP contribution in [0.5, 0.6) is 0 Å². The maximum atomic E-state index is 12.7. The molecule has 1 aromatic rings. The zero-order chi connectivity index (χ0) is 14.9. The molecule has 2 rings (SSSR count). The fraction of sp³-hybridized carbons (Fsp3) is 0.533. The Morgan fingerprint density at radius 3 is 2.85 bits per heavy atom. The van der Waals surface area contributed by atoms with Crippen molar-refractivity contribution in [2.45, 2.75) is 32.5 Å². The SMILES string of the molecule is Cc1ccc(Cl)cc1C(=O)N1CC(CCl)OC(C)(C)C1. The molecule has 0 aliphatic carbocycles. The van der Waals surface area contributed by atoms with Gasteiger partial charge in [0.2, 0.25) is 0 Å². The highest BCUT2D eigenvalue weighted by molar-refractivity contribution is 6.31. The van der Waals surface area contributed by atoms with E-state index in [9.17, 15) is 4.79 Å². The summed E-state index contributed by atoms with van der Waals surface area (Å²) in [5.41, 5.74) is 1.18. The van der Waals surface area contributed by atoms with Crippen LogP contribution in [-0.2, 0) is 4.74 Å². The van der Waals surface area contributed by atoms with Crippen LogP contribution in [0.15, 0.2) is 18.2 Å². The third-order valence-corrected chi connectivity index (χ3v) is 3.95. The lowest BCUT2D eigenvalue weighted by atomic mass is 10.0. The first-order chi connectivity index (χ1) is 9.32. The van der Waals surface area contributed by atoms with E-state index in [2.05, 4.69) is 0 Å². The maximum absolute atomic E-state index is 12.7. The average Bonchev–Trinajstić information content (AvgIpc) is 2.38. The lowest BCUT2D eigenvalue weighted by Crippen LogP contribution is -2.55. The topological polar surface area (TPSA) is 29.5 Å². The van der Waals surface area contributed by atoms with Gasteiger partial charge in [-0.15, -0.1) is 11.6 Å². The second kappa shape index (κ2) is 5.92. The second-order valence-corrected chi connectivity index (χ2v) is 6.54. The van der Waals surface area contributed by atoms with Gasteiger partial charge in [0, 0.05) is 23.7 Å². The quantitative estimate of drug-likeness (QED) is 0.782. The van der Waals surface area contributed by atoms with E-state index in [1.54, 1.807) is 17.0 Å². The predicted octanol–water partition coefficient (Wildman–Crippen LogP) is 3.51. The largest absolute Gasteiger partial charge is 0.367 e. The highest BCUT2D eigenvalue weighted by atomic mass is 35.5. The normalized spacial score (nSPS) is 21.9. The first kappa shape index (κ1) is 15.6. The average molecular weight is 316 g/mol. The molecule has 1 unspecified atom stereocenters. The molecule has 1 aromatic carbocycles. The minimum Gasteiger partial charge on any atom is -0.367 e. The summed E-state index contributed by atoms with van der Waals surface area (Å²) in [5.74, 6) is 0.360. The third-order valence-electron chi connectivity index (χ3n) is 3.37. The minimum atomic E-state index is -0.389. The number of morpholine rings is 1. The summed E-state index contributed by atoms with van der Waals surface area (Å²) in [6, 6.07) is 5.37. The van der Waals surface area contributed by atoms with Gasteiger partial charge in [0.25, 0.3) is 5.91 Å². The number of carbonyl (C=O) groups is 1. The van der Waals surface area contributed by atoms with Gasteiger partial charge in [-0.3, -0.25) is 4.79 Å². The molecule has 110 valence electrons. The van der Waals surface area contributed by atoms with Gasteiger partial charge in [0.15, 0.2) is 0 Å². The van der Waals surface area contributed by atoms with E-state index < -0.39 is 0 Å². The van der Waals surface area contributed by atoms with E-state index in [0.717, 1.165) is 5.56 Å². The number of rotatable bonds is 2. The Bertz CT molecular complexity index is 517. The smallest absolute Gasteiger partial charge is 0.254 e. The molecule has 3 nitrogen and oxygen atoms in total. The predicted molar refractivity (Wildman–Crippen MR) is 81.8 cm³/mol. The molecule has 1 aliphatic heterocycles. The van der Waals surface area contributed by atoms with Gasteiger partial charge in [0.05, 0.1) is 17.6 Å². The Balaban J connectivity index is 2.25. The first-order valence-electron chi connectivity index (χ1n) is 6.61. The van der Waals surface area contributed by atoms with Crippen LogP contribution in [0.3, 0.4) is 0 Å². The van der Waals surface area contributed by atoms with Crippen molar-refractivity contribution >= 4 is 29.1 Å². The van der Waals surface area contributed by atoms with Gasteiger partial charge in [-0.25, -0.2) is 0 Å². The third kappa shape index (κ3) is 3.46. The maximum Gasteiger partial charge on any atom is 0.254 e. The molecule has 0 bridgehead atoms. The molecule has 1 fully saturated rings. The van der Waals surface area contributed by atoms with Crippen molar-refractivity contribution in [3.63, 3.8) is 0 Å². The molecular formula is C15H19Cl2NO2. The lowest BCUT2D eigenvalue weighted by Gasteiger charge is -2.42. The van der Waals surface area contributed by atoms with Crippen LogP contribution in [0.4, 0.5) is 0 Å². The van der Waals surface area contributed by atoms with Gasteiger partial charge in [0.1, 0.15) is 0 Å².